The lowest BCUT2D eigenvalue weighted by Gasteiger charge is -2.17. The highest BCUT2D eigenvalue weighted by molar-refractivity contribution is 6.13. The summed E-state index contributed by atoms with van der Waals surface area (Å²) in [4.78, 5) is 5.26. The van der Waals surface area contributed by atoms with Gasteiger partial charge in [-0.05, 0) is 18.5 Å². The molecule has 1 N–H and O–H groups in total. The number of benzene rings is 3. The molecule has 3 aromatic carbocycles. The van der Waals surface area contributed by atoms with Crippen LogP contribution in [0.2, 0.25) is 0 Å². The van der Waals surface area contributed by atoms with Crippen LogP contribution >= 0.6 is 0 Å². The van der Waals surface area contributed by atoms with Gasteiger partial charge in [-0.15, -0.1) is 0 Å². The van der Waals surface area contributed by atoms with Crippen molar-refractivity contribution in [2.45, 2.75) is 32.2 Å². The van der Waals surface area contributed by atoms with E-state index in [1.807, 2.05) is 0 Å². The van der Waals surface area contributed by atoms with Gasteiger partial charge in [-0.2, -0.15) is 0 Å². The van der Waals surface area contributed by atoms with Gasteiger partial charge in [0.25, 0.3) is 0 Å². The van der Waals surface area contributed by atoms with Crippen molar-refractivity contribution in [3.8, 4) is 0 Å². The maximum Gasteiger partial charge on any atom is 0.0881 e. The van der Waals surface area contributed by atoms with Crippen molar-refractivity contribution in [2.24, 2.45) is 4.99 Å². The molecule has 2 nitrogen and oxygen atoms in total. The zero-order valence-corrected chi connectivity index (χ0v) is 16.7. The molecule has 2 heteroatoms. The third-order valence-electron chi connectivity index (χ3n) is 4.86. The highest BCUT2D eigenvalue weighted by atomic mass is 14.9. The summed E-state index contributed by atoms with van der Waals surface area (Å²) in [6.07, 6.45) is 3.73. The number of hydrogen-bond acceptors (Lipinski definition) is 2. The van der Waals surface area contributed by atoms with Gasteiger partial charge in [-0.25, -0.2) is 0 Å². The van der Waals surface area contributed by atoms with E-state index in [1.54, 1.807) is 0 Å². The molecule has 0 aliphatic heterocycles. The first-order chi connectivity index (χ1) is 13.9. The normalized spacial score (nSPS) is 11.8. The molecule has 0 saturated carbocycles. The number of rotatable bonds is 10. The lowest BCUT2D eigenvalue weighted by atomic mass is 10.0. The average molecular weight is 371 g/mol. The molecule has 144 valence electrons. The van der Waals surface area contributed by atoms with Gasteiger partial charge < -0.3 is 5.32 Å². The fourth-order valence-electron chi connectivity index (χ4n) is 3.32. The Labute approximate surface area is 169 Å². The zero-order valence-electron chi connectivity index (χ0n) is 16.7. The van der Waals surface area contributed by atoms with Crippen LogP contribution in [0.5, 0.6) is 0 Å². The Morgan fingerprint density at radius 3 is 1.82 bits per heavy atom. The first-order valence-electron chi connectivity index (χ1n) is 10.3. The number of hydrogen-bond donors (Lipinski definition) is 1. The first kappa shape index (κ1) is 20.0. The number of aliphatic imine (C=N–C) groups is 1. The van der Waals surface area contributed by atoms with Crippen LogP contribution in [0, 0.1) is 0 Å². The van der Waals surface area contributed by atoms with Gasteiger partial charge in [0.2, 0.25) is 0 Å². The van der Waals surface area contributed by atoms with Gasteiger partial charge in [-0.3, -0.25) is 4.99 Å². The summed E-state index contributed by atoms with van der Waals surface area (Å²) in [5.41, 5.74) is 4.60. The third-order valence-corrected chi connectivity index (χ3v) is 4.86. The van der Waals surface area contributed by atoms with E-state index >= 15 is 0 Å². The molecule has 0 amide bonds. The molecule has 1 unspecified atom stereocenters. The van der Waals surface area contributed by atoms with Gasteiger partial charge in [-0.1, -0.05) is 111 Å². The quantitative estimate of drug-likeness (QED) is 0.341. The molecule has 0 saturated heterocycles. The second-order valence-corrected chi connectivity index (χ2v) is 7.05. The molecule has 3 rings (SSSR count). The minimum atomic E-state index is 0.0817. The van der Waals surface area contributed by atoms with Crippen LogP contribution in [0.15, 0.2) is 96.0 Å². The van der Waals surface area contributed by atoms with E-state index in [4.69, 9.17) is 4.99 Å². The van der Waals surface area contributed by atoms with E-state index in [9.17, 15) is 0 Å². The van der Waals surface area contributed by atoms with Crippen molar-refractivity contribution in [3.63, 3.8) is 0 Å². The Hall–Kier alpha value is -2.71. The van der Waals surface area contributed by atoms with Gasteiger partial charge in [0.15, 0.2) is 0 Å². The summed E-state index contributed by atoms with van der Waals surface area (Å²) >= 11 is 0. The lowest BCUT2D eigenvalue weighted by Crippen LogP contribution is -2.23. The molecule has 0 aromatic heterocycles. The lowest BCUT2D eigenvalue weighted by molar-refractivity contribution is 0.569. The molecule has 0 aliphatic carbocycles. The second-order valence-electron chi connectivity index (χ2n) is 7.05. The van der Waals surface area contributed by atoms with Crippen LogP contribution in [0.3, 0.4) is 0 Å². The summed E-state index contributed by atoms with van der Waals surface area (Å²) in [6.45, 7) is 4.12. The second kappa shape index (κ2) is 11.2. The van der Waals surface area contributed by atoms with Crippen LogP contribution in [0.1, 0.15) is 48.9 Å². The van der Waals surface area contributed by atoms with Gasteiger partial charge >= 0.3 is 0 Å². The number of nitrogens with one attached hydrogen (secondary N) is 1. The van der Waals surface area contributed by atoms with Crippen molar-refractivity contribution < 1.29 is 0 Å². The van der Waals surface area contributed by atoms with E-state index in [0.29, 0.717) is 0 Å². The summed E-state index contributed by atoms with van der Waals surface area (Å²) in [6, 6.07) is 31.7. The maximum atomic E-state index is 5.26. The van der Waals surface area contributed by atoms with Gasteiger partial charge in [0, 0.05) is 17.7 Å². The SMILES string of the molecule is CCCCCNCC(N=C(c1ccccc1)c1ccccc1)c1ccccc1. The molecule has 0 radical (unpaired) electrons. The minimum absolute atomic E-state index is 0.0817. The average Bonchev–Trinajstić information content (AvgIpc) is 2.77. The van der Waals surface area contributed by atoms with Crippen LogP contribution in [-0.4, -0.2) is 18.8 Å². The standard InChI is InChI=1S/C26H30N2/c1-2-3-13-20-27-21-25(22-14-7-4-8-15-22)28-26(23-16-9-5-10-17-23)24-18-11-6-12-19-24/h4-12,14-19,25,27H,2-3,13,20-21H2,1H3. The Bertz CT molecular complexity index is 785. The molecular formula is C26H30N2. The van der Waals surface area contributed by atoms with E-state index in [-0.39, 0.29) is 6.04 Å². The minimum Gasteiger partial charge on any atom is -0.314 e. The van der Waals surface area contributed by atoms with Gasteiger partial charge in [0.05, 0.1) is 11.8 Å². The Morgan fingerprint density at radius 1 is 0.750 bits per heavy atom. The predicted octanol–water partition coefficient (Wildman–Crippen LogP) is 6.05. The van der Waals surface area contributed by atoms with Crippen molar-refractivity contribution in [3.05, 3.63) is 108 Å². The van der Waals surface area contributed by atoms with E-state index in [0.717, 1.165) is 29.9 Å². The topological polar surface area (TPSA) is 24.4 Å². The van der Waals surface area contributed by atoms with E-state index in [2.05, 4.69) is 103 Å². The summed E-state index contributed by atoms with van der Waals surface area (Å²) in [5.74, 6) is 0. The fraction of sp³-hybridized carbons (Fsp3) is 0.269. The third kappa shape index (κ3) is 5.90. The molecular weight excluding hydrogens is 340 g/mol. The summed E-state index contributed by atoms with van der Waals surface area (Å²) < 4.78 is 0. The Balaban J connectivity index is 1.92. The highest BCUT2D eigenvalue weighted by Crippen LogP contribution is 2.21. The van der Waals surface area contributed by atoms with Crippen LogP contribution in [-0.2, 0) is 0 Å². The molecule has 28 heavy (non-hydrogen) atoms. The highest BCUT2D eigenvalue weighted by Gasteiger charge is 2.14. The molecule has 0 spiro atoms. The summed E-state index contributed by atoms with van der Waals surface area (Å²) in [5, 5.41) is 3.62. The molecule has 1 atom stereocenters. The van der Waals surface area contributed by atoms with Crippen molar-refractivity contribution in [1.82, 2.24) is 5.32 Å². The largest absolute Gasteiger partial charge is 0.314 e. The van der Waals surface area contributed by atoms with Crippen molar-refractivity contribution >= 4 is 5.71 Å². The Kier molecular flexibility index (Phi) is 8.02. The number of unbranched alkanes of at least 4 members (excludes halogenated alkanes) is 2. The molecule has 0 fully saturated rings. The van der Waals surface area contributed by atoms with Crippen LogP contribution in [0.25, 0.3) is 0 Å². The predicted molar refractivity (Wildman–Crippen MR) is 120 cm³/mol. The fourth-order valence-corrected chi connectivity index (χ4v) is 3.32. The smallest absolute Gasteiger partial charge is 0.0881 e. The van der Waals surface area contributed by atoms with Crippen molar-refractivity contribution in [1.29, 1.82) is 0 Å². The molecule has 0 aliphatic rings. The van der Waals surface area contributed by atoms with Crippen LogP contribution < -0.4 is 5.32 Å². The maximum absolute atomic E-state index is 5.26. The number of nitrogens with zero attached hydrogens (tertiary/aromatic N) is 1. The molecule has 0 bridgehead atoms. The molecule has 3 aromatic rings. The van der Waals surface area contributed by atoms with Crippen molar-refractivity contribution in [2.75, 3.05) is 13.1 Å². The van der Waals surface area contributed by atoms with Gasteiger partial charge in [0.1, 0.15) is 0 Å². The Morgan fingerprint density at radius 2 is 1.29 bits per heavy atom. The monoisotopic (exact) mass is 370 g/mol. The first-order valence-corrected chi connectivity index (χ1v) is 10.3. The molecule has 0 heterocycles. The van der Waals surface area contributed by atoms with Crippen LogP contribution in [0.4, 0.5) is 0 Å². The summed E-state index contributed by atoms with van der Waals surface area (Å²) in [7, 11) is 0. The van der Waals surface area contributed by atoms with E-state index < -0.39 is 0 Å². The van der Waals surface area contributed by atoms with E-state index in [1.165, 1.54) is 24.8 Å². The zero-order chi connectivity index (χ0) is 19.4.